The first kappa shape index (κ1) is 30.6. The Bertz CT molecular complexity index is 1020. The predicted octanol–water partition coefficient (Wildman–Crippen LogP) is 8.75. The average molecular weight is 513 g/mol. The second-order valence-corrected chi connectivity index (χ2v) is 14.6. The molecule has 0 saturated heterocycles. The van der Waals surface area contributed by atoms with Crippen LogP contribution in [0.2, 0.25) is 0 Å². The third-order valence-electron chi connectivity index (χ3n) is 7.43. The van der Waals surface area contributed by atoms with E-state index in [-0.39, 0.29) is 16.2 Å². The fraction of sp³-hybridized carbons (Fsp3) is 0.688. The van der Waals surface area contributed by atoms with Gasteiger partial charge in [0, 0.05) is 29.5 Å². The molecule has 1 aromatic carbocycles. The van der Waals surface area contributed by atoms with Gasteiger partial charge >= 0.3 is 0 Å². The molecule has 0 atom stereocenters. The number of rotatable bonds is 7. The molecule has 4 heteroatoms. The summed E-state index contributed by atoms with van der Waals surface area (Å²) >= 11 is 0. The number of aromatic nitrogens is 1. The summed E-state index contributed by atoms with van der Waals surface area (Å²) in [5.41, 5.74) is 8.69. The molecule has 0 spiro atoms. The van der Waals surface area contributed by atoms with Crippen molar-refractivity contribution in [2.45, 2.75) is 120 Å². The molecule has 0 aliphatic rings. The molecule has 0 N–H and O–H groups in total. The molecule has 2 rings (SSSR count). The summed E-state index contributed by atoms with van der Waals surface area (Å²) in [5.74, 6) is 1.37. The highest BCUT2D eigenvalue weighted by Gasteiger charge is 2.36. The number of benzene rings is 1. The first-order valence-corrected chi connectivity index (χ1v) is 14.9. The lowest BCUT2D eigenvalue weighted by Gasteiger charge is -2.34. The van der Waals surface area contributed by atoms with Crippen LogP contribution in [0.5, 0.6) is 0 Å². The van der Waals surface area contributed by atoms with Gasteiger partial charge < -0.3 is 4.90 Å². The fourth-order valence-electron chi connectivity index (χ4n) is 5.28. The number of anilines is 2. The molecule has 1 heterocycles. The van der Waals surface area contributed by atoms with Crippen LogP contribution in [0.15, 0.2) is 12.1 Å². The molecule has 0 saturated carbocycles. The van der Waals surface area contributed by atoms with Crippen LogP contribution in [0, 0.1) is 13.8 Å². The molecule has 0 amide bonds. The Morgan fingerprint density at radius 1 is 0.667 bits per heavy atom. The van der Waals surface area contributed by atoms with E-state index >= 15 is 0 Å². The molecule has 1 aromatic heterocycles. The lowest BCUT2D eigenvalue weighted by atomic mass is 9.74. The van der Waals surface area contributed by atoms with Gasteiger partial charge in [0.15, 0.2) is 0 Å². The van der Waals surface area contributed by atoms with Gasteiger partial charge in [-0.15, -0.1) is 0 Å². The van der Waals surface area contributed by atoms with Crippen LogP contribution in [0.3, 0.4) is 0 Å². The van der Waals surface area contributed by atoms with Gasteiger partial charge in [-0.25, -0.2) is 0 Å². The van der Waals surface area contributed by atoms with E-state index < -0.39 is 0 Å². The highest BCUT2D eigenvalue weighted by Crippen LogP contribution is 2.42. The fourth-order valence-corrected chi connectivity index (χ4v) is 6.67. The summed E-state index contributed by atoms with van der Waals surface area (Å²) in [6, 6.07) is 5.02. The van der Waals surface area contributed by atoms with Crippen LogP contribution in [0.4, 0.5) is 11.5 Å². The van der Waals surface area contributed by atoms with Gasteiger partial charge in [-0.05, 0) is 63.4 Å². The van der Waals surface area contributed by atoms with Crippen molar-refractivity contribution in [2.24, 2.45) is 0 Å². The Hall–Kier alpha value is -1.60. The van der Waals surface area contributed by atoms with Gasteiger partial charge in [-0.1, -0.05) is 74.4 Å². The third kappa shape index (κ3) is 6.09. The molecule has 0 aliphatic carbocycles. The molecule has 3 nitrogen and oxygen atoms in total. The average Bonchev–Trinajstić information content (AvgIpc) is 2.75. The van der Waals surface area contributed by atoms with Crippen LogP contribution in [0.25, 0.3) is 5.69 Å². The van der Waals surface area contributed by atoms with Crippen molar-refractivity contribution in [3.05, 3.63) is 39.7 Å². The van der Waals surface area contributed by atoms with Crippen molar-refractivity contribution >= 4 is 19.9 Å². The zero-order valence-electron chi connectivity index (χ0n) is 26.3. The van der Waals surface area contributed by atoms with E-state index in [2.05, 4.69) is 130 Å². The van der Waals surface area contributed by atoms with Crippen molar-refractivity contribution in [1.82, 2.24) is 0 Å². The van der Waals surface area contributed by atoms with Crippen LogP contribution in [-0.2, 0) is 16.2 Å². The Morgan fingerprint density at radius 2 is 1.08 bits per heavy atom. The SMILES string of the molecule is CCN(CC)c1c(C)p[n+](-c2c(C(C)(C)C)cc(C(C)(C)C)cc2C(C)(C)C)c(N(CC)CC)c1C. The van der Waals surface area contributed by atoms with Gasteiger partial charge in [-0.2, -0.15) is 4.33 Å². The first-order valence-electron chi connectivity index (χ1n) is 14.1. The van der Waals surface area contributed by atoms with Crippen LogP contribution >= 0.6 is 8.35 Å². The zero-order chi connectivity index (χ0) is 27.8. The summed E-state index contributed by atoms with van der Waals surface area (Å²) in [6.07, 6.45) is 0. The summed E-state index contributed by atoms with van der Waals surface area (Å²) in [4.78, 5) is 5.10. The number of hydrogen-bond acceptors (Lipinski definition) is 2. The van der Waals surface area contributed by atoms with E-state index in [1.54, 1.807) is 0 Å². The van der Waals surface area contributed by atoms with Crippen molar-refractivity contribution in [3.63, 3.8) is 0 Å². The minimum atomic E-state index is 0.0190. The van der Waals surface area contributed by atoms with Gasteiger partial charge in [0.2, 0.25) is 0 Å². The van der Waals surface area contributed by atoms with Gasteiger partial charge in [-0.3, -0.25) is 4.90 Å². The minimum absolute atomic E-state index is 0.0190. The maximum Gasteiger partial charge on any atom is 0.289 e. The molecule has 36 heavy (non-hydrogen) atoms. The molecule has 0 bridgehead atoms. The van der Waals surface area contributed by atoms with E-state index in [9.17, 15) is 0 Å². The normalized spacial score (nSPS) is 13.0. The third-order valence-corrected chi connectivity index (χ3v) is 8.53. The maximum absolute atomic E-state index is 2.65. The second kappa shape index (κ2) is 11.0. The molecule has 0 aliphatic heterocycles. The first-order chi connectivity index (χ1) is 16.4. The number of nitrogens with zero attached hydrogens (tertiary/aromatic N) is 3. The van der Waals surface area contributed by atoms with Crippen molar-refractivity contribution in [1.29, 1.82) is 0 Å². The molecule has 202 valence electrons. The molecular formula is C32H55N3P+. The zero-order valence-corrected chi connectivity index (χ0v) is 27.2. The van der Waals surface area contributed by atoms with Crippen LogP contribution in [-0.4, -0.2) is 26.2 Å². The highest BCUT2D eigenvalue weighted by molar-refractivity contribution is 7.23. The Morgan fingerprint density at radius 3 is 1.42 bits per heavy atom. The number of hydrogen-bond donors (Lipinski definition) is 0. The van der Waals surface area contributed by atoms with Gasteiger partial charge in [0.1, 0.15) is 14.0 Å². The molecular weight excluding hydrogens is 457 g/mol. The quantitative estimate of drug-likeness (QED) is 0.367. The Balaban J connectivity index is 3.23. The molecule has 2 aromatic rings. The van der Waals surface area contributed by atoms with Crippen LogP contribution < -0.4 is 14.1 Å². The van der Waals surface area contributed by atoms with Crippen LogP contribution in [0.1, 0.15) is 118 Å². The lowest BCUT2D eigenvalue weighted by Crippen LogP contribution is -2.43. The molecule has 0 radical (unpaired) electrons. The standard InChI is InChI=1S/C32H55N3P/c1-16-33(17-2)27-22(5)29(34(18-3)19-4)35(36-23(27)6)28-25(31(10,11)12)20-24(30(7,8)9)21-26(28)32(13,14)15/h20-21H,16-19H2,1-15H3/q+1. The Kier molecular flexibility index (Phi) is 9.38. The minimum Gasteiger partial charge on any atom is -0.371 e. The summed E-state index contributed by atoms with van der Waals surface area (Å²) < 4.78 is 2.65. The van der Waals surface area contributed by atoms with Gasteiger partial charge in [0.05, 0.1) is 24.3 Å². The molecule has 0 fully saturated rings. The van der Waals surface area contributed by atoms with E-state index in [1.807, 2.05) is 0 Å². The summed E-state index contributed by atoms with van der Waals surface area (Å²) in [6.45, 7) is 39.2. The Labute approximate surface area is 225 Å². The van der Waals surface area contributed by atoms with E-state index in [1.165, 1.54) is 53.1 Å². The lowest BCUT2D eigenvalue weighted by molar-refractivity contribution is -0.508. The molecule has 0 unspecified atom stereocenters. The van der Waals surface area contributed by atoms with E-state index in [0.717, 1.165) is 26.2 Å². The van der Waals surface area contributed by atoms with Crippen molar-refractivity contribution < 1.29 is 4.33 Å². The monoisotopic (exact) mass is 512 g/mol. The predicted molar refractivity (Wildman–Crippen MR) is 163 cm³/mol. The topological polar surface area (TPSA) is 10.4 Å². The summed E-state index contributed by atoms with van der Waals surface area (Å²) in [7, 11) is 1.26. The second-order valence-electron chi connectivity index (χ2n) is 13.3. The van der Waals surface area contributed by atoms with Gasteiger partial charge in [0.25, 0.3) is 5.82 Å². The van der Waals surface area contributed by atoms with Crippen molar-refractivity contribution in [2.75, 3.05) is 36.0 Å². The smallest absolute Gasteiger partial charge is 0.289 e. The maximum atomic E-state index is 2.65. The van der Waals surface area contributed by atoms with E-state index in [0.29, 0.717) is 0 Å². The van der Waals surface area contributed by atoms with E-state index in [4.69, 9.17) is 0 Å². The largest absolute Gasteiger partial charge is 0.371 e. The van der Waals surface area contributed by atoms with Crippen molar-refractivity contribution in [3.8, 4) is 5.69 Å². The summed E-state index contributed by atoms with van der Waals surface area (Å²) in [5, 5.41) is 1.44. The highest BCUT2D eigenvalue weighted by atomic mass is 31.0. The number of aryl methyl sites for hydroxylation is 1.